The zero-order valence-electron chi connectivity index (χ0n) is 3.52. The first kappa shape index (κ1) is 4.06. The molecule has 0 N–H and O–H groups in total. The van der Waals surface area contributed by atoms with Gasteiger partial charge in [0.1, 0.15) is 0 Å². The molecule has 0 spiro atoms. The summed E-state index contributed by atoms with van der Waals surface area (Å²) < 4.78 is 11.8. The molecule has 0 saturated carbocycles. The molecule has 1 heterocycles. The van der Waals surface area contributed by atoms with Gasteiger partial charge in [0.05, 0.1) is 0 Å². The average Bonchev–Trinajstić information content (AvgIpc) is 1.86. The highest BCUT2D eigenvalue weighted by atomic mass is 19.1. The Labute approximate surface area is 36.5 Å². The van der Waals surface area contributed by atoms with Gasteiger partial charge in [-0.1, -0.05) is 0 Å². The number of alkyl halides is 1. The standard InChI is InChI=1S/C4H7FN/c5-4-2-1-3-6-4/h4H,1-3H2/t4-/m1/s1. The van der Waals surface area contributed by atoms with Crippen molar-refractivity contribution in [2.45, 2.75) is 19.1 Å². The summed E-state index contributed by atoms with van der Waals surface area (Å²) in [5.41, 5.74) is 0. The van der Waals surface area contributed by atoms with E-state index in [1.165, 1.54) is 0 Å². The lowest BCUT2D eigenvalue weighted by Gasteiger charge is -1.87. The Kier molecular flexibility index (Phi) is 1.05. The molecule has 0 bridgehead atoms. The third kappa shape index (κ3) is 0.684. The quantitative estimate of drug-likeness (QED) is 0.386. The van der Waals surface area contributed by atoms with Crippen LogP contribution in [0.25, 0.3) is 0 Å². The van der Waals surface area contributed by atoms with E-state index in [0.29, 0.717) is 6.42 Å². The molecule has 0 amide bonds. The van der Waals surface area contributed by atoms with E-state index in [1.807, 2.05) is 0 Å². The Morgan fingerprint density at radius 1 is 1.67 bits per heavy atom. The van der Waals surface area contributed by atoms with Crippen LogP contribution in [0.1, 0.15) is 12.8 Å². The highest BCUT2D eigenvalue weighted by Gasteiger charge is 2.11. The summed E-state index contributed by atoms with van der Waals surface area (Å²) in [6.45, 7) is 0.737. The van der Waals surface area contributed by atoms with Crippen LogP contribution in [0.5, 0.6) is 0 Å². The molecule has 35 valence electrons. The van der Waals surface area contributed by atoms with Crippen molar-refractivity contribution >= 4 is 0 Å². The van der Waals surface area contributed by atoms with Gasteiger partial charge in [0, 0.05) is 6.54 Å². The summed E-state index contributed by atoms with van der Waals surface area (Å²) in [5, 5.41) is 3.57. The van der Waals surface area contributed by atoms with E-state index in [2.05, 4.69) is 5.32 Å². The Hall–Kier alpha value is -0.110. The first-order valence-electron chi connectivity index (χ1n) is 2.20. The molecule has 1 aliphatic rings. The van der Waals surface area contributed by atoms with Crippen molar-refractivity contribution in [1.82, 2.24) is 5.32 Å². The normalized spacial score (nSPS) is 34.5. The minimum Gasteiger partial charge on any atom is -0.229 e. The second-order valence-corrected chi connectivity index (χ2v) is 1.48. The molecule has 1 atom stereocenters. The van der Waals surface area contributed by atoms with Gasteiger partial charge in [0.15, 0.2) is 6.30 Å². The maximum Gasteiger partial charge on any atom is 0.166 e. The molecule has 1 aliphatic heterocycles. The van der Waals surface area contributed by atoms with Crippen LogP contribution in [0, 0.1) is 0 Å². The van der Waals surface area contributed by atoms with E-state index < -0.39 is 6.30 Å². The molecule has 0 unspecified atom stereocenters. The molecular formula is C4H7FN. The van der Waals surface area contributed by atoms with Gasteiger partial charge < -0.3 is 0 Å². The van der Waals surface area contributed by atoms with Crippen LogP contribution in [-0.4, -0.2) is 12.8 Å². The molecule has 2 heteroatoms. The van der Waals surface area contributed by atoms with Gasteiger partial charge in [-0.05, 0) is 12.8 Å². The van der Waals surface area contributed by atoms with Gasteiger partial charge in [-0.2, -0.15) is 0 Å². The van der Waals surface area contributed by atoms with Crippen LogP contribution in [-0.2, 0) is 0 Å². The third-order valence-electron chi connectivity index (χ3n) is 0.928. The number of nitrogens with zero attached hydrogens (tertiary/aromatic N) is 1. The van der Waals surface area contributed by atoms with Crippen molar-refractivity contribution in [3.8, 4) is 0 Å². The van der Waals surface area contributed by atoms with Gasteiger partial charge in [0.25, 0.3) is 0 Å². The topological polar surface area (TPSA) is 14.1 Å². The predicted octanol–water partition coefficient (Wildman–Crippen LogP) is 0.680. The molecule has 1 radical (unpaired) electrons. The van der Waals surface area contributed by atoms with E-state index in [-0.39, 0.29) is 0 Å². The number of hydrogen-bond donors (Lipinski definition) is 0. The maximum absolute atomic E-state index is 11.8. The van der Waals surface area contributed by atoms with Crippen LogP contribution in [0.3, 0.4) is 0 Å². The van der Waals surface area contributed by atoms with E-state index >= 15 is 0 Å². The van der Waals surface area contributed by atoms with Crippen LogP contribution >= 0.6 is 0 Å². The molecular weight excluding hydrogens is 81.0 g/mol. The van der Waals surface area contributed by atoms with Gasteiger partial charge in [-0.15, -0.1) is 0 Å². The zero-order valence-corrected chi connectivity index (χ0v) is 3.52. The number of hydrogen-bond acceptors (Lipinski definition) is 0. The first-order chi connectivity index (χ1) is 2.89. The lowest BCUT2D eigenvalue weighted by molar-refractivity contribution is 0.306. The SMILES string of the molecule is F[C@H]1CCC[N]1. The largest absolute Gasteiger partial charge is 0.229 e. The molecule has 6 heavy (non-hydrogen) atoms. The van der Waals surface area contributed by atoms with E-state index in [4.69, 9.17) is 0 Å². The average molecular weight is 88.1 g/mol. The minimum atomic E-state index is -0.829. The Morgan fingerprint density at radius 2 is 2.50 bits per heavy atom. The lowest BCUT2D eigenvalue weighted by atomic mass is 10.4. The fourth-order valence-electron chi connectivity index (χ4n) is 0.582. The highest BCUT2D eigenvalue weighted by molar-refractivity contribution is 4.61. The summed E-state index contributed by atoms with van der Waals surface area (Å²) in [4.78, 5) is 0. The Morgan fingerprint density at radius 3 is 2.67 bits per heavy atom. The number of halogens is 1. The highest BCUT2D eigenvalue weighted by Crippen LogP contribution is 2.05. The van der Waals surface area contributed by atoms with Crippen LogP contribution in [0.4, 0.5) is 4.39 Å². The molecule has 1 rings (SSSR count). The molecule has 1 fully saturated rings. The Bertz CT molecular complexity index is 40.8. The van der Waals surface area contributed by atoms with E-state index in [9.17, 15) is 4.39 Å². The third-order valence-corrected chi connectivity index (χ3v) is 0.928. The molecule has 0 aliphatic carbocycles. The maximum atomic E-state index is 11.8. The van der Waals surface area contributed by atoms with Crippen LogP contribution in [0.2, 0.25) is 0 Å². The lowest BCUT2D eigenvalue weighted by Crippen LogP contribution is -2.05. The van der Waals surface area contributed by atoms with Crippen molar-refractivity contribution < 1.29 is 4.39 Å². The molecule has 1 saturated heterocycles. The van der Waals surface area contributed by atoms with Gasteiger partial charge in [-0.3, -0.25) is 0 Å². The summed E-state index contributed by atoms with van der Waals surface area (Å²) in [5.74, 6) is 0. The Balaban J connectivity index is 2.18. The fourth-order valence-corrected chi connectivity index (χ4v) is 0.582. The number of rotatable bonds is 0. The van der Waals surface area contributed by atoms with Gasteiger partial charge in [-0.25, -0.2) is 9.71 Å². The van der Waals surface area contributed by atoms with Crippen molar-refractivity contribution in [1.29, 1.82) is 0 Å². The van der Waals surface area contributed by atoms with Crippen LogP contribution < -0.4 is 5.32 Å². The van der Waals surface area contributed by atoms with Gasteiger partial charge >= 0.3 is 0 Å². The summed E-state index contributed by atoms with van der Waals surface area (Å²) in [6.07, 6.45) is 0.770. The summed E-state index contributed by atoms with van der Waals surface area (Å²) >= 11 is 0. The monoisotopic (exact) mass is 88.1 g/mol. The summed E-state index contributed by atoms with van der Waals surface area (Å²) in [7, 11) is 0. The molecule has 0 aromatic rings. The molecule has 0 aromatic heterocycles. The second-order valence-electron chi connectivity index (χ2n) is 1.48. The predicted molar refractivity (Wildman–Crippen MR) is 21.1 cm³/mol. The van der Waals surface area contributed by atoms with E-state index in [1.54, 1.807) is 0 Å². The minimum absolute atomic E-state index is 0.653. The van der Waals surface area contributed by atoms with Crippen molar-refractivity contribution in [2.75, 3.05) is 6.54 Å². The van der Waals surface area contributed by atoms with Crippen LogP contribution in [0.15, 0.2) is 0 Å². The smallest absolute Gasteiger partial charge is 0.166 e. The van der Waals surface area contributed by atoms with Crippen molar-refractivity contribution in [3.05, 3.63) is 0 Å². The zero-order chi connectivity index (χ0) is 4.41. The molecule has 1 nitrogen and oxygen atoms in total. The first-order valence-corrected chi connectivity index (χ1v) is 2.20. The second kappa shape index (κ2) is 1.56. The molecule has 0 aromatic carbocycles. The van der Waals surface area contributed by atoms with Gasteiger partial charge in [0.2, 0.25) is 0 Å². The fraction of sp³-hybridized carbons (Fsp3) is 1.00. The van der Waals surface area contributed by atoms with E-state index in [0.717, 1.165) is 13.0 Å². The van der Waals surface area contributed by atoms with Crippen molar-refractivity contribution in [3.63, 3.8) is 0 Å². The van der Waals surface area contributed by atoms with Crippen molar-refractivity contribution in [2.24, 2.45) is 0 Å². The summed E-state index contributed by atoms with van der Waals surface area (Å²) in [6, 6.07) is 0.